The third-order valence-corrected chi connectivity index (χ3v) is 4.91. The lowest BCUT2D eigenvalue weighted by molar-refractivity contribution is -0.119. The average Bonchev–Trinajstić information content (AvgIpc) is 3.15. The number of rotatable bonds is 6. The maximum absolute atomic E-state index is 12.8. The molecule has 1 aromatic carbocycles. The minimum atomic E-state index is -0.634. The molecule has 0 atom stereocenters. The molecule has 0 aliphatic carbocycles. The fourth-order valence-corrected chi connectivity index (χ4v) is 3.19. The second-order valence-corrected chi connectivity index (χ2v) is 8.01. The largest absolute Gasteiger partial charge is 0.452 e. The van der Waals surface area contributed by atoms with Crippen LogP contribution in [0.25, 0.3) is 11.0 Å². The normalized spacial score (nSPS) is 11.0. The second-order valence-electron chi connectivity index (χ2n) is 7.60. The number of hydrogen-bond acceptors (Lipinski definition) is 6. The van der Waals surface area contributed by atoms with E-state index in [9.17, 15) is 9.59 Å². The average molecular weight is 440 g/mol. The van der Waals surface area contributed by atoms with Gasteiger partial charge in [-0.25, -0.2) is 14.5 Å². The molecule has 9 heteroatoms. The topological polar surface area (TPSA) is 110 Å². The molecular formula is C22H22ClN5O3. The Morgan fingerprint density at radius 3 is 2.61 bits per heavy atom. The van der Waals surface area contributed by atoms with E-state index in [1.54, 1.807) is 23.0 Å². The molecule has 0 bridgehead atoms. The van der Waals surface area contributed by atoms with E-state index < -0.39 is 18.5 Å². The summed E-state index contributed by atoms with van der Waals surface area (Å²) in [5, 5.41) is 16.6. The first-order chi connectivity index (χ1) is 14.7. The third kappa shape index (κ3) is 4.84. The SMILES string of the molecule is CC(C)c1cc(C(=O)OCC(=O)Nc2ccc(C#N)c(Cl)c2)c2cnn(C(C)C)c2n1. The van der Waals surface area contributed by atoms with E-state index in [4.69, 9.17) is 21.6 Å². The number of aromatic nitrogens is 3. The minimum absolute atomic E-state index is 0.0707. The number of nitrogens with one attached hydrogen (secondary N) is 1. The van der Waals surface area contributed by atoms with Crippen molar-refractivity contribution in [2.24, 2.45) is 0 Å². The molecule has 2 aromatic heterocycles. The van der Waals surface area contributed by atoms with Crippen LogP contribution in [0.15, 0.2) is 30.5 Å². The molecule has 0 saturated heterocycles. The van der Waals surface area contributed by atoms with E-state index in [0.717, 1.165) is 5.69 Å². The summed E-state index contributed by atoms with van der Waals surface area (Å²) >= 11 is 5.97. The third-order valence-electron chi connectivity index (χ3n) is 4.59. The van der Waals surface area contributed by atoms with Gasteiger partial charge < -0.3 is 10.1 Å². The smallest absolute Gasteiger partial charge is 0.339 e. The molecule has 0 unspecified atom stereocenters. The van der Waals surface area contributed by atoms with Gasteiger partial charge in [0.2, 0.25) is 0 Å². The quantitative estimate of drug-likeness (QED) is 0.568. The van der Waals surface area contributed by atoms with Crippen molar-refractivity contribution in [3.8, 4) is 6.07 Å². The van der Waals surface area contributed by atoms with Crippen LogP contribution in [0, 0.1) is 11.3 Å². The zero-order valence-electron chi connectivity index (χ0n) is 17.6. The Balaban J connectivity index is 1.78. The Morgan fingerprint density at radius 2 is 2.00 bits per heavy atom. The van der Waals surface area contributed by atoms with Gasteiger partial charge in [0.15, 0.2) is 12.3 Å². The summed E-state index contributed by atoms with van der Waals surface area (Å²) < 4.78 is 7.00. The number of nitriles is 1. The van der Waals surface area contributed by atoms with Gasteiger partial charge in [0.1, 0.15) is 6.07 Å². The summed E-state index contributed by atoms with van der Waals surface area (Å²) in [4.78, 5) is 29.7. The number of nitrogens with zero attached hydrogens (tertiary/aromatic N) is 4. The fourth-order valence-electron chi connectivity index (χ4n) is 2.97. The molecule has 0 aliphatic heterocycles. The zero-order valence-corrected chi connectivity index (χ0v) is 18.4. The highest BCUT2D eigenvalue weighted by Gasteiger charge is 2.20. The van der Waals surface area contributed by atoms with Gasteiger partial charge in [-0.1, -0.05) is 25.4 Å². The van der Waals surface area contributed by atoms with Crippen LogP contribution in [0.3, 0.4) is 0 Å². The van der Waals surface area contributed by atoms with E-state index in [-0.39, 0.29) is 17.0 Å². The van der Waals surface area contributed by atoms with Crippen LogP contribution in [0.1, 0.15) is 61.3 Å². The zero-order chi connectivity index (χ0) is 22.7. The first-order valence-corrected chi connectivity index (χ1v) is 10.1. The molecule has 160 valence electrons. The molecule has 0 spiro atoms. The van der Waals surface area contributed by atoms with Crippen molar-refractivity contribution < 1.29 is 14.3 Å². The molecule has 8 nitrogen and oxygen atoms in total. The number of benzene rings is 1. The monoisotopic (exact) mass is 439 g/mol. The number of esters is 1. The standard InChI is InChI=1S/C22H22ClN5O3/c1-12(2)19-8-16(17-10-25-28(13(3)4)21(17)27-19)22(30)31-11-20(29)26-15-6-5-14(9-24)18(23)7-15/h5-8,10,12-13H,11H2,1-4H3,(H,26,29). The van der Waals surface area contributed by atoms with E-state index >= 15 is 0 Å². The van der Waals surface area contributed by atoms with Crippen LogP contribution in [0.5, 0.6) is 0 Å². The Kier molecular flexibility index (Phi) is 6.56. The number of carbonyl (C=O) groups is 2. The molecule has 31 heavy (non-hydrogen) atoms. The number of halogens is 1. The highest BCUT2D eigenvalue weighted by molar-refractivity contribution is 6.32. The van der Waals surface area contributed by atoms with Crippen molar-refractivity contribution in [1.82, 2.24) is 14.8 Å². The Bertz CT molecular complexity index is 1190. The second kappa shape index (κ2) is 9.14. The Hall–Kier alpha value is -3.44. The van der Waals surface area contributed by atoms with Gasteiger partial charge >= 0.3 is 5.97 Å². The number of carbonyl (C=O) groups excluding carboxylic acids is 2. The van der Waals surface area contributed by atoms with Crippen LogP contribution >= 0.6 is 11.6 Å². The summed E-state index contributed by atoms with van der Waals surface area (Å²) in [6.07, 6.45) is 1.59. The molecule has 2 heterocycles. The van der Waals surface area contributed by atoms with Gasteiger partial charge in [-0.15, -0.1) is 0 Å². The number of ether oxygens (including phenoxy) is 1. The van der Waals surface area contributed by atoms with Gasteiger partial charge in [-0.2, -0.15) is 10.4 Å². The van der Waals surface area contributed by atoms with Crippen molar-refractivity contribution in [3.05, 3.63) is 52.3 Å². The molecule has 0 aliphatic rings. The van der Waals surface area contributed by atoms with Gasteiger partial charge in [0, 0.05) is 17.4 Å². The first-order valence-electron chi connectivity index (χ1n) is 9.76. The highest BCUT2D eigenvalue weighted by atomic mass is 35.5. The summed E-state index contributed by atoms with van der Waals surface area (Å²) in [6, 6.07) is 8.20. The van der Waals surface area contributed by atoms with Gasteiger partial charge in [-0.05, 0) is 44.0 Å². The van der Waals surface area contributed by atoms with Crippen molar-refractivity contribution >= 4 is 40.2 Å². The number of amides is 1. The molecule has 3 rings (SSSR count). The van der Waals surface area contributed by atoms with Crippen molar-refractivity contribution in [3.63, 3.8) is 0 Å². The van der Waals surface area contributed by atoms with Crippen LogP contribution in [-0.4, -0.2) is 33.2 Å². The fraction of sp³-hybridized carbons (Fsp3) is 0.318. The van der Waals surface area contributed by atoms with Crippen LogP contribution in [0.4, 0.5) is 5.69 Å². The predicted molar refractivity (Wildman–Crippen MR) is 117 cm³/mol. The van der Waals surface area contributed by atoms with Crippen LogP contribution in [-0.2, 0) is 9.53 Å². The first kappa shape index (κ1) is 22.2. The molecule has 0 saturated carbocycles. The Labute approximate surface area is 184 Å². The molecule has 3 aromatic rings. The van der Waals surface area contributed by atoms with Crippen molar-refractivity contribution in [2.45, 2.75) is 39.7 Å². The van der Waals surface area contributed by atoms with Crippen molar-refractivity contribution in [2.75, 3.05) is 11.9 Å². The van der Waals surface area contributed by atoms with Crippen LogP contribution < -0.4 is 5.32 Å². The van der Waals surface area contributed by atoms with Gasteiger partial charge in [0.25, 0.3) is 5.91 Å². The number of hydrogen-bond donors (Lipinski definition) is 1. The molecular weight excluding hydrogens is 418 g/mol. The van der Waals surface area contributed by atoms with E-state index in [1.165, 1.54) is 12.1 Å². The lowest BCUT2D eigenvalue weighted by Gasteiger charge is -2.12. The Morgan fingerprint density at radius 1 is 1.26 bits per heavy atom. The molecule has 0 radical (unpaired) electrons. The molecule has 1 N–H and O–H groups in total. The highest BCUT2D eigenvalue weighted by Crippen LogP contribution is 2.25. The van der Waals surface area contributed by atoms with E-state index in [2.05, 4.69) is 15.4 Å². The van der Waals surface area contributed by atoms with Gasteiger partial charge in [0.05, 0.1) is 27.7 Å². The van der Waals surface area contributed by atoms with E-state index in [0.29, 0.717) is 27.8 Å². The lowest BCUT2D eigenvalue weighted by Crippen LogP contribution is -2.21. The maximum atomic E-state index is 12.8. The van der Waals surface area contributed by atoms with Crippen molar-refractivity contribution in [1.29, 1.82) is 5.26 Å². The number of anilines is 1. The maximum Gasteiger partial charge on any atom is 0.339 e. The summed E-state index contributed by atoms with van der Waals surface area (Å²) in [7, 11) is 0. The minimum Gasteiger partial charge on any atom is -0.452 e. The van der Waals surface area contributed by atoms with Gasteiger partial charge in [-0.3, -0.25) is 4.79 Å². The molecule has 1 amide bonds. The number of fused-ring (bicyclic) bond motifs is 1. The lowest BCUT2D eigenvalue weighted by atomic mass is 10.1. The molecule has 0 fully saturated rings. The summed E-state index contributed by atoms with van der Waals surface area (Å²) in [5.41, 5.74) is 2.35. The van der Waals surface area contributed by atoms with E-state index in [1.807, 2.05) is 33.8 Å². The predicted octanol–water partition coefficient (Wildman–Crippen LogP) is 4.46. The summed E-state index contributed by atoms with van der Waals surface area (Å²) in [6.45, 7) is 7.45. The number of pyridine rings is 1. The van der Waals surface area contributed by atoms with Crippen LogP contribution in [0.2, 0.25) is 5.02 Å². The summed E-state index contributed by atoms with van der Waals surface area (Å²) in [5.74, 6) is -1.07.